The van der Waals surface area contributed by atoms with Crippen LogP contribution in [-0.4, -0.2) is 87.5 Å². The molecular formula is C17H26N2O6S. The molecule has 8 nitrogen and oxygen atoms in total. The molecule has 1 aromatic carbocycles. The number of benzene rings is 1. The van der Waals surface area contributed by atoms with Crippen LogP contribution < -0.4 is 4.74 Å². The van der Waals surface area contributed by atoms with Gasteiger partial charge in [0.2, 0.25) is 10.0 Å². The molecule has 1 aliphatic heterocycles. The van der Waals surface area contributed by atoms with Crippen molar-refractivity contribution in [3.05, 3.63) is 29.8 Å². The summed E-state index contributed by atoms with van der Waals surface area (Å²) in [5.41, 5.74) is 1.19. The van der Waals surface area contributed by atoms with Crippen molar-refractivity contribution in [3.63, 3.8) is 0 Å². The Labute approximate surface area is 154 Å². The van der Waals surface area contributed by atoms with Crippen molar-refractivity contribution in [1.82, 2.24) is 9.21 Å². The second kappa shape index (κ2) is 9.31. The Bertz CT molecular complexity index is 692. The number of rotatable bonds is 9. The molecule has 1 heterocycles. The van der Waals surface area contributed by atoms with Gasteiger partial charge in [-0.2, -0.15) is 4.31 Å². The maximum atomic E-state index is 11.8. The minimum absolute atomic E-state index is 0.0458. The largest absolute Gasteiger partial charge is 0.497 e. The van der Waals surface area contributed by atoms with Gasteiger partial charge in [-0.05, 0) is 24.1 Å². The topological polar surface area (TPSA) is 96.4 Å². The van der Waals surface area contributed by atoms with Crippen LogP contribution in [0.2, 0.25) is 0 Å². The van der Waals surface area contributed by atoms with Crippen molar-refractivity contribution in [2.75, 3.05) is 52.7 Å². The predicted octanol–water partition coefficient (Wildman–Crippen LogP) is 0.285. The van der Waals surface area contributed by atoms with Gasteiger partial charge in [-0.1, -0.05) is 12.1 Å². The van der Waals surface area contributed by atoms with Crippen LogP contribution in [0.15, 0.2) is 24.3 Å². The SMILES string of the molecule is COc1ccc(CCN2CCOC(CN(CC(=O)O)S(C)(=O)=O)C2)cc1. The molecule has 0 bridgehead atoms. The molecule has 1 fully saturated rings. The molecule has 0 radical (unpaired) electrons. The Kier molecular flexibility index (Phi) is 7.39. The summed E-state index contributed by atoms with van der Waals surface area (Å²) < 4.78 is 35.3. The van der Waals surface area contributed by atoms with Gasteiger partial charge in [-0.15, -0.1) is 0 Å². The summed E-state index contributed by atoms with van der Waals surface area (Å²) in [7, 11) is -1.96. The predicted molar refractivity (Wildman–Crippen MR) is 96.9 cm³/mol. The molecule has 1 N–H and O–H groups in total. The lowest BCUT2D eigenvalue weighted by molar-refractivity contribution is -0.137. The minimum Gasteiger partial charge on any atom is -0.497 e. The summed E-state index contributed by atoms with van der Waals surface area (Å²) in [6.45, 7) is 2.16. The number of hydrogen-bond donors (Lipinski definition) is 1. The van der Waals surface area contributed by atoms with E-state index in [1.807, 2.05) is 24.3 Å². The van der Waals surface area contributed by atoms with Crippen LogP contribution >= 0.6 is 0 Å². The maximum absolute atomic E-state index is 11.8. The first kappa shape index (κ1) is 20.6. The molecule has 0 amide bonds. The van der Waals surface area contributed by atoms with Crippen molar-refractivity contribution in [1.29, 1.82) is 0 Å². The van der Waals surface area contributed by atoms with Crippen molar-refractivity contribution >= 4 is 16.0 Å². The quantitative estimate of drug-likeness (QED) is 0.651. The van der Waals surface area contributed by atoms with E-state index in [1.54, 1.807) is 7.11 Å². The van der Waals surface area contributed by atoms with E-state index in [0.29, 0.717) is 13.2 Å². The number of carboxylic acid groups (broad SMARTS) is 1. The summed E-state index contributed by atoms with van der Waals surface area (Å²) in [4.78, 5) is 13.1. The molecule has 2 rings (SSSR count). The number of sulfonamides is 1. The van der Waals surface area contributed by atoms with Gasteiger partial charge in [0.1, 0.15) is 12.3 Å². The number of methoxy groups -OCH3 is 1. The first-order valence-corrected chi connectivity index (χ1v) is 10.3. The molecule has 0 spiro atoms. The highest BCUT2D eigenvalue weighted by Crippen LogP contribution is 2.14. The third-order valence-corrected chi connectivity index (χ3v) is 5.50. The number of morpholine rings is 1. The summed E-state index contributed by atoms with van der Waals surface area (Å²) in [6.07, 6.45) is 1.54. The lowest BCUT2D eigenvalue weighted by Crippen LogP contribution is -2.49. The van der Waals surface area contributed by atoms with E-state index in [0.717, 1.165) is 35.8 Å². The van der Waals surface area contributed by atoms with Crippen LogP contribution in [-0.2, 0) is 26.0 Å². The van der Waals surface area contributed by atoms with Crippen LogP contribution in [0.3, 0.4) is 0 Å². The molecule has 0 aliphatic carbocycles. The highest BCUT2D eigenvalue weighted by molar-refractivity contribution is 7.88. The fourth-order valence-electron chi connectivity index (χ4n) is 2.87. The number of ether oxygens (including phenoxy) is 2. The second-order valence-corrected chi connectivity index (χ2v) is 8.32. The summed E-state index contributed by atoms with van der Waals surface area (Å²) in [6, 6.07) is 7.89. The van der Waals surface area contributed by atoms with Crippen LogP contribution in [0.5, 0.6) is 5.75 Å². The van der Waals surface area contributed by atoms with Gasteiger partial charge in [0, 0.05) is 26.2 Å². The third-order valence-electron chi connectivity index (χ3n) is 4.29. The summed E-state index contributed by atoms with van der Waals surface area (Å²) >= 11 is 0. The van der Waals surface area contributed by atoms with Crippen LogP contribution in [0.25, 0.3) is 0 Å². The molecule has 1 atom stereocenters. The maximum Gasteiger partial charge on any atom is 0.318 e. The molecule has 1 unspecified atom stereocenters. The Balaban J connectivity index is 1.88. The molecule has 1 saturated heterocycles. The molecule has 1 aromatic rings. The van der Waals surface area contributed by atoms with Gasteiger partial charge in [0.05, 0.1) is 26.1 Å². The first-order valence-electron chi connectivity index (χ1n) is 8.41. The van der Waals surface area contributed by atoms with Gasteiger partial charge < -0.3 is 14.6 Å². The lowest BCUT2D eigenvalue weighted by atomic mass is 10.1. The van der Waals surface area contributed by atoms with E-state index in [-0.39, 0.29) is 12.6 Å². The Hall–Kier alpha value is -1.68. The van der Waals surface area contributed by atoms with E-state index in [9.17, 15) is 13.2 Å². The Morgan fingerprint density at radius 1 is 1.38 bits per heavy atom. The fraction of sp³-hybridized carbons (Fsp3) is 0.588. The van der Waals surface area contributed by atoms with Gasteiger partial charge in [0.15, 0.2) is 0 Å². The Morgan fingerprint density at radius 3 is 2.65 bits per heavy atom. The number of carboxylic acids is 1. The van der Waals surface area contributed by atoms with E-state index >= 15 is 0 Å². The summed E-state index contributed by atoms with van der Waals surface area (Å²) in [5.74, 6) is -0.359. The molecule has 146 valence electrons. The summed E-state index contributed by atoms with van der Waals surface area (Å²) in [5, 5.41) is 8.91. The molecule has 9 heteroatoms. The van der Waals surface area contributed by atoms with Crippen LogP contribution in [0, 0.1) is 0 Å². The zero-order valence-electron chi connectivity index (χ0n) is 15.1. The van der Waals surface area contributed by atoms with Gasteiger partial charge >= 0.3 is 5.97 Å². The number of aliphatic carboxylic acids is 1. The van der Waals surface area contributed by atoms with Crippen molar-refractivity contribution in [2.24, 2.45) is 0 Å². The van der Waals surface area contributed by atoms with Crippen LogP contribution in [0.1, 0.15) is 5.56 Å². The Morgan fingerprint density at radius 2 is 2.08 bits per heavy atom. The second-order valence-electron chi connectivity index (χ2n) is 6.34. The van der Waals surface area contributed by atoms with Crippen molar-refractivity contribution in [3.8, 4) is 5.75 Å². The van der Waals surface area contributed by atoms with Crippen LogP contribution in [0.4, 0.5) is 0 Å². The molecule has 0 saturated carbocycles. The minimum atomic E-state index is -3.60. The molecular weight excluding hydrogens is 360 g/mol. The highest BCUT2D eigenvalue weighted by atomic mass is 32.2. The third kappa shape index (κ3) is 6.56. The normalized spacial score (nSPS) is 18.8. The lowest BCUT2D eigenvalue weighted by Gasteiger charge is -2.34. The number of hydrogen-bond acceptors (Lipinski definition) is 6. The fourth-order valence-corrected chi connectivity index (χ4v) is 3.65. The van der Waals surface area contributed by atoms with Gasteiger partial charge in [0.25, 0.3) is 0 Å². The number of nitrogens with zero attached hydrogens (tertiary/aromatic N) is 2. The van der Waals surface area contributed by atoms with Crippen molar-refractivity contribution in [2.45, 2.75) is 12.5 Å². The molecule has 26 heavy (non-hydrogen) atoms. The van der Waals surface area contributed by atoms with Gasteiger partial charge in [-0.25, -0.2) is 8.42 Å². The average molecular weight is 386 g/mol. The molecule has 1 aliphatic rings. The smallest absolute Gasteiger partial charge is 0.318 e. The van der Waals surface area contributed by atoms with E-state index in [4.69, 9.17) is 14.6 Å². The van der Waals surface area contributed by atoms with Crippen molar-refractivity contribution < 1.29 is 27.8 Å². The van der Waals surface area contributed by atoms with E-state index < -0.39 is 22.5 Å². The number of carbonyl (C=O) groups is 1. The zero-order chi connectivity index (χ0) is 19.2. The van der Waals surface area contributed by atoms with E-state index in [1.165, 1.54) is 5.56 Å². The standard InChI is InChI=1S/C17H26N2O6S/c1-24-15-5-3-14(4-6-15)7-8-18-9-10-25-16(11-18)12-19(13-17(20)21)26(2,22)23/h3-6,16H,7-13H2,1-2H3,(H,20,21). The monoisotopic (exact) mass is 386 g/mol. The average Bonchev–Trinajstić information content (AvgIpc) is 2.59. The molecule has 0 aromatic heterocycles. The first-order chi connectivity index (χ1) is 12.3. The van der Waals surface area contributed by atoms with Gasteiger partial charge in [-0.3, -0.25) is 9.69 Å². The highest BCUT2D eigenvalue weighted by Gasteiger charge is 2.27. The zero-order valence-corrected chi connectivity index (χ0v) is 15.9. The van der Waals surface area contributed by atoms with E-state index in [2.05, 4.69) is 4.90 Å².